The monoisotopic (exact) mass is 523 g/mol. The maximum atomic E-state index is 13.0. The van der Waals surface area contributed by atoms with E-state index in [9.17, 15) is 19.6 Å². The zero-order valence-corrected chi connectivity index (χ0v) is 23.3. The number of hydroxylamine groups is 2. The highest BCUT2D eigenvalue weighted by molar-refractivity contribution is 5.82. The highest BCUT2D eigenvalue weighted by atomic mass is 16.5. The number of nitrogens with one attached hydrogen (secondary N) is 3. The van der Waals surface area contributed by atoms with Crippen LogP contribution >= 0.6 is 0 Å². The molecular weight excluding hydrogens is 470 g/mol. The van der Waals surface area contributed by atoms with Crippen LogP contribution in [0, 0.1) is 0 Å². The Morgan fingerprint density at radius 2 is 1.46 bits per heavy atom. The van der Waals surface area contributed by atoms with E-state index in [1.165, 1.54) is 44.9 Å². The quantitative estimate of drug-likeness (QED) is 0.182. The highest BCUT2D eigenvalue weighted by Gasteiger charge is 2.29. The number of amides is 3. The lowest BCUT2D eigenvalue weighted by Crippen LogP contribution is -2.43. The number of carbonyl (C=O) groups excluding carboxylic acids is 3. The third kappa shape index (κ3) is 13.1. The smallest absolute Gasteiger partial charge is 0.239 e. The van der Waals surface area contributed by atoms with Gasteiger partial charge in [-0.25, -0.2) is 0 Å². The number of hydrogen-bond acceptors (Lipinski definition) is 6. The lowest BCUT2D eigenvalue weighted by Gasteiger charge is -2.24. The van der Waals surface area contributed by atoms with Gasteiger partial charge in [0.15, 0.2) is 0 Å². The molecule has 0 aromatic heterocycles. The maximum absolute atomic E-state index is 13.0. The van der Waals surface area contributed by atoms with Crippen molar-refractivity contribution in [1.29, 1.82) is 0 Å². The molecule has 0 saturated carbocycles. The molecule has 2 aliphatic rings. The van der Waals surface area contributed by atoms with Crippen molar-refractivity contribution in [2.75, 3.05) is 39.3 Å². The number of hydrogen-bond donors (Lipinski definition) is 4. The minimum absolute atomic E-state index is 0.0534. The SMILES string of the molecule is CCCCCCCCCCCC(=O)N(CCCNC(=O)C1CCCN1)CCCNC(=O)C1CCCN1O. The Kier molecular flexibility index (Phi) is 16.5. The van der Waals surface area contributed by atoms with Crippen molar-refractivity contribution in [1.82, 2.24) is 25.9 Å². The van der Waals surface area contributed by atoms with E-state index in [0.29, 0.717) is 52.0 Å². The lowest BCUT2D eigenvalue weighted by atomic mass is 10.1. The lowest BCUT2D eigenvalue weighted by molar-refractivity contribution is -0.145. The van der Waals surface area contributed by atoms with Crippen LogP contribution < -0.4 is 16.0 Å². The van der Waals surface area contributed by atoms with E-state index in [1.807, 2.05) is 4.90 Å². The summed E-state index contributed by atoms with van der Waals surface area (Å²) < 4.78 is 0. The highest BCUT2D eigenvalue weighted by Crippen LogP contribution is 2.14. The fourth-order valence-electron chi connectivity index (χ4n) is 5.24. The molecule has 9 heteroatoms. The standard InChI is InChI=1S/C28H53N5O4/c1-2-3-4-5-6-7-8-9-10-17-26(34)32(21-13-19-30-27(35)24-15-11-18-29-24)22-14-20-31-28(36)25-16-12-23-33(25)37/h24-25,29,37H,2-23H2,1H3,(H,30,35)(H,31,36). The molecular formula is C28H53N5O4. The first-order chi connectivity index (χ1) is 18.0. The molecule has 0 aliphatic carbocycles. The van der Waals surface area contributed by atoms with Gasteiger partial charge >= 0.3 is 0 Å². The third-order valence-electron chi connectivity index (χ3n) is 7.56. The van der Waals surface area contributed by atoms with Crippen molar-refractivity contribution in [2.45, 2.75) is 122 Å². The molecule has 2 unspecified atom stereocenters. The van der Waals surface area contributed by atoms with Gasteiger partial charge in [0.25, 0.3) is 0 Å². The van der Waals surface area contributed by atoms with Gasteiger partial charge in [-0.3, -0.25) is 14.4 Å². The molecule has 214 valence electrons. The molecule has 37 heavy (non-hydrogen) atoms. The summed E-state index contributed by atoms with van der Waals surface area (Å²) in [6, 6.07) is -0.537. The second-order valence-electron chi connectivity index (χ2n) is 10.7. The minimum atomic E-state index is -0.456. The second-order valence-corrected chi connectivity index (χ2v) is 10.7. The van der Waals surface area contributed by atoms with E-state index in [1.54, 1.807) is 0 Å². The van der Waals surface area contributed by atoms with E-state index in [-0.39, 0.29) is 23.8 Å². The molecule has 9 nitrogen and oxygen atoms in total. The molecule has 0 radical (unpaired) electrons. The van der Waals surface area contributed by atoms with Crippen molar-refractivity contribution in [3.8, 4) is 0 Å². The maximum Gasteiger partial charge on any atom is 0.239 e. The summed E-state index contributed by atoms with van der Waals surface area (Å²) in [6.07, 6.45) is 16.4. The average Bonchev–Trinajstić information content (AvgIpc) is 3.58. The van der Waals surface area contributed by atoms with E-state index < -0.39 is 6.04 Å². The molecule has 2 atom stereocenters. The molecule has 2 saturated heterocycles. The minimum Gasteiger partial charge on any atom is -0.355 e. The summed E-state index contributed by atoms with van der Waals surface area (Å²) in [5.74, 6) is 0.0730. The number of unbranched alkanes of at least 4 members (excludes halogenated alkanes) is 8. The summed E-state index contributed by atoms with van der Waals surface area (Å²) in [5.41, 5.74) is 0. The predicted octanol–water partition coefficient (Wildman–Crippen LogP) is 3.35. The van der Waals surface area contributed by atoms with E-state index in [4.69, 9.17) is 0 Å². The summed E-state index contributed by atoms with van der Waals surface area (Å²) in [5, 5.41) is 20.0. The molecule has 2 rings (SSSR count). The first-order valence-corrected chi connectivity index (χ1v) is 15.0. The molecule has 3 amide bonds. The Morgan fingerprint density at radius 3 is 2.03 bits per heavy atom. The normalized spacial score (nSPS) is 19.7. The average molecular weight is 524 g/mol. The zero-order chi connectivity index (χ0) is 26.7. The van der Waals surface area contributed by atoms with Gasteiger partial charge in [-0.05, 0) is 51.5 Å². The molecule has 4 N–H and O–H groups in total. The van der Waals surface area contributed by atoms with Crippen molar-refractivity contribution < 1.29 is 19.6 Å². The molecule has 0 spiro atoms. The summed E-state index contributed by atoms with van der Waals surface area (Å²) >= 11 is 0. The fourth-order valence-corrected chi connectivity index (χ4v) is 5.24. The number of nitrogens with zero attached hydrogens (tertiary/aromatic N) is 2. The van der Waals surface area contributed by atoms with Crippen LogP contribution in [0.15, 0.2) is 0 Å². The molecule has 2 heterocycles. The van der Waals surface area contributed by atoms with Crippen LogP contribution in [0.4, 0.5) is 0 Å². The Labute approximate surface area is 224 Å². The Morgan fingerprint density at radius 1 is 0.838 bits per heavy atom. The van der Waals surface area contributed by atoms with Gasteiger partial charge in [0.2, 0.25) is 17.7 Å². The zero-order valence-electron chi connectivity index (χ0n) is 23.3. The Balaban J connectivity index is 1.66. The van der Waals surface area contributed by atoms with Crippen LogP contribution in [-0.4, -0.2) is 84.2 Å². The molecule has 0 aromatic carbocycles. The van der Waals surface area contributed by atoms with Gasteiger partial charge in [-0.2, -0.15) is 5.06 Å². The van der Waals surface area contributed by atoms with Crippen LogP contribution in [0.5, 0.6) is 0 Å². The van der Waals surface area contributed by atoms with Crippen LogP contribution in [0.3, 0.4) is 0 Å². The largest absolute Gasteiger partial charge is 0.355 e. The molecule has 0 bridgehead atoms. The molecule has 2 aliphatic heterocycles. The third-order valence-corrected chi connectivity index (χ3v) is 7.56. The summed E-state index contributed by atoms with van der Waals surface area (Å²) in [4.78, 5) is 39.4. The van der Waals surface area contributed by atoms with Crippen LogP contribution in [0.25, 0.3) is 0 Å². The van der Waals surface area contributed by atoms with Gasteiger partial charge in [0.1, 0.15) is 6.04 Å². The van der Waals surface area contributed by atoms with Crippen molar-refractivity contribution in [3.63, 3.8) is 0 Å². The van der Waals surface area contributed by atoms with Gasteiger partial charge in [-0.1, -0.05) is 58.3 Å². The van der Waals surface area contributed by atoms with Crippen LogP contribution in [0.1, 0.15) is 110 Å². The van der Waals surface area contributed by atoms with Crippen LogP contribution in [-0.2, 0) is 14.4 Å². The van der Waals surface area contributed by atoms with Gasteiger partial charge < -0.3 is 26.1 Å². The second kappa shape index (κ2) is 19.4. The number of rotatable bonds is 20. The Hall–Kier alpha value is -1.71. The summed E-state index contributed by atoms with van der Waals surface area (Å²) in [7, 11) is 0. The van der Waals surface area contributed by atoms with Crippen LogP contribution in [0.2, 0.25) is 0 Å². The van der Waals surface area contributed by atoms with Gasteiger partial charge in [-0.15, -0.1) is 0 Å². The van der Waals surface area contributed by atoms with Crippen molar-refractivity contribution in [3.05, 3.63) is 0 Å². The predicted molar refractivity (Wildman–Crippen MR) is 146 cm³/mol. The van der Waals surface area contributed by atoms with Gasteiger partial charge in [0, 0.05) is 39.1 Å². The Bertz CT molecular complexity index is 656. The van der Waals surface area contributed by atoms with Gasteiger partial charge in [0.05, 0.1) is 6.04 Å². The van der Waals surface area contributed by atoms with E-state index in [0.717, 1.165) is 50.1 Å². The van der Waals surface area contributed by atoms with Crippen molar-refractivity contribution >= 4 is 17.7 Å². The van der Waals surface area contributed by atoms with E-state index in [2.05, 4.69) is 22.9 Å². The van der Waals surface area contributed by atoms with E-state index >= 15 is 0 Å². The summed E-state index contributed by atoms with van der Waals surface area (Å²) in [6.45, 7) is 5.90. The topological polar surface area (TPSA) is 114 Å². The molecule has 2 fully saturated rings. The first-order valence-electron chi connectivity index (χ1n) is 15.0. The molecule has 0 aromatic rings. The number of carbonyl (C=O) groups is 3. The fraction of sp³-hybridized carbons (Fsp3) is 0.893. The van der Waals surface area contributed by atoms with Crippen molar-refractivity contribution in [2.24, 2.45) is 0 Å². The first kappa shape index (κ1) is 31.5.